The minimum atomic E-state index is -0.375. The van der Waals surface area contributed by atoms with E-state index in [1.807, 2.05) is 29.8 Å². The molecule has 0 saturated carbocycles. The van der Waals surface area contributed by atoms with Gasteiger partial charge in [-0.2, -0.15) is 5.10 Å². The number of nitrogens with zero attached hydrogens (tertiary/aromatic N) is 2. The molecule has 24 heavy (non-hydrogen) atoms. The summed E-state index contributed by atoms with van der Waals surface area (Å²) in [4.78, 5) is 12.3. The number of aromatic nitrogens is 2. The van der Waals surface area contributed by atoms with Crippen LogP contribution >= 0.6 is 0 Å². The molecule has 0 spiro atoms. The van der Waals surface area contributed by atoms with Crippen LogP contribution in [0, 0.1) is 6.92 Å². The number of benzene rings is 1. The maximum Gasteiger partial charge on any atom is 0.359 e. The van der Waals surface area contributed by atoms with E-state index in [0.717, 1.165) is 28.3 Å². The van der Waals surface area contributed by atoms with Gasteiger partial charge < -0.3 is 14.2 Å². The highest BCUT2D eigenvalue weighted by molar-refractivity contribution is 5.89. The number of esters is 1. The lowest BCUT2D eigenvalue weighted by Gasteiger charge is -2.10. The standard InChI is InChI=1S/C18H22N2O4/c1-4-24-18(21)17-14-7-9-23-10-8-15(14)20(19-17)13-5-6-16(22-3)12(2)11-13/h5-6,11H,4,7-10H2,1-3H3. The Hall–Kier alpha value is -2.34. The normalized spacial score (nSPS) is 14.0. The van der Waals surface area contributed by atoms with Crippen LogP contribution in [0.5, 0.6) is 5.75 Å². The molecule has 128 valence electrons. The van der Waals surface area contributed by atoms with Crippen LogP contribution in [-0.4, -0.2) is 42.7 Å². The Kier molecular flexibility index (Phi) is 4.85. The molecule has 0 N–H and O–H groups in total. The second-order valence-corrected chi connectivity index (χ2v) is 5.67. The third-order valence-corrected chi connectivity index (χ3v) is 4.16. The fraction of sp³-hybridized carbons (Fsp3) is 0.444. The van der Waals surface area contributed by atoms with Crippen LogP contribution < -0.4 is 4.74 Å². The van der Waals surface area contributed by atoms with Crippen molar-refractivity contribution in [2.24, 2.45) is 0 Å². The van der Waals surface area contributed by atoms with Crippen molar-refractivity contribution >= 4 is 5.97 Å². The van der Waals surface area contributed by atoms with Crippen molar-refractivity contribution < 1.29 is 19.0 Å². The van der Waals surface area contributed by atoms with E-state index in [9.17, 15) is 4.79 Å². The van der Waals surface area contributed by atoms with Crippen LogP contribution in [0.2, 0.25) is 0 Å². The number of hydrogen-bond acceptors (Lipinski definition) is 5. The van der Waals surface area contributed by atoms with Gasteiger partial charge in [0.25, 0.3) is 0 Å². The lowest BCUT2D eigenvalue weighted by molar-refractivity contribution is 0.0517. The van der Waals surface area contributed by atoms with Crippen LogP contribution in [0.15, 0.2) is 18.2 Å². The second kappa shape index (κ2) is 7.05. The van der Waals surface area contributed by atoms with Crippen molar-refractivity contribution in [3.63, 3.8) is 0 Å². The summed E-state index contributed by atoms with van der Waals surface area (Å²) < 4.78 is 17.9. The number of rotatable bonds is 4. The van der Waals surface area contributed by atoms with Crippen LogP contribution in [0.1, 0.15) is 34.2 Å². The number of carbonyl (C=O) groups excluding carboxylic acids is 1. The predicted molar refractivity (Wildman–Crippen MR) is 89.0 cm³/mol. The minimum Gasteiger partial charge on any atom is -0.496 e. The van der Waals surface area contributed by atoms with Gasteiger partial charge in [-0.05, 0) is 37.6 Å². The van der Waals surface area contributed by atoms with E-state index < -0.39 is 0 Å². The zero-order chi connectivity index (χ0) is 17.1. The molecule has 6 heteroatoms. The number of fused-ring (bicyclic) bond motifs is 1. The van der Waals surface area contributed by atoms with Crippen molar-refractivity contribution in [3.05, 3.63) is 40.7 Å². The molecule has 0 fully saturated rings. The molecule has 3 rings (SSSR count). The Labute approximate surface area is 141 Å². The van der Waals surface area contributed by atoms with Gasteiger partial charge in [-0.25, -0.2) is 9.48 Å². The quantitative estimate of drug-likeness (QED) is 0.806. The van der Waals surface area contributed by atoms with Crippen molar-refractivity contribution in [2.75, 3.05) is 26.9 Å². The van der Waals surface area contributed by atoms with E-state index in [1.54, 1.807) is 14.0 Å². The highest BCUT2D eigenvalue weighted by atomic mass is 16.5. The predicted octanol–water partition coefficient (Wildman–Crippen LogP) is 2.48. The summed E-state index contributed by atoms with van der Waals surface area (Å²) in [5.74, 6) is 0.450. The summed E-state index contributed by atoms with van der Waals surface area (Å²) in [6, 6.07) is 5.86. The molecule has 0 bridgehead atoms. The van der Waals surface area contributed by atoms with E-state index >= 15 is 0 Å². The van der Waals surface area contributed by atoms with Crippen LogP contribution in [0.4, 0.5) is 0 Å². The smallest absolute Gasteiger partial charge is 0.359 e. The molecule has 1 aromatic carbocycles. The molecule has 2 aromatic rings. The zero-order valence-electron chi connectivity index (χ0n) is 14.3. The van der Waals surface area contributed by atoms with Crippen molar-refractivity contribution in [3.8, 4) is 11.4 Å². The molecular weight excluding hydrogens is 308 g/mol. The number of hydrogen-bond donors (Lipinski definition) is 0. The van der Waals surface area contributed by atoms with Gasteiger partial charge in [0, 0.05) is 18.4 Å². The minimum absolute atomic E-state index is 0.332. The first-order valence-electron chi connectivity index (χ1n) is 8.16. The van der Waals surface area contributed by atoms with Crippen molar-refractivity contribution in [1.29, 1.82) is 0 Å². The Balaban J connectivity index is 2.10. The van der Waals surface area contributed by atoms with E-state index in [0.29, 0.717) is 38.4 Å². The first-order valence-corrected chi connectivity index (χ1v) is 8.16. The van der Waals surface area contributed by atoms with Crippen LogP contribution in [0.3, 0.4) is 0 Å². The second-order valence-electron chi connectivity index (χ2n) is 5.67. The fourth-order valence-electron chi connectivity index (χ4n) is 3.02. The van der Waals surface area contributed by atoms with Crippen LogP contribution in [0.25, 0.3) is 5.69 Å². The number of aryl methyl sites for hydroxylation is 1. The summed E-state index contributed by atoms with van der Waals surface area (Å²) in [6.45, 7) is 5.32. The van der Waals surface area contributed by atoms with Crippen molar-refractivity contribution in [2.45, 2.75) is 26.7 Å². The maximum absolute atomic E-state index is 12.3. The molecule has 2 heterocycles. The summed E-state index contributed by atoms with van der Waals surface area (Å²) in [7, 11) is 1.65. The first kappa shape index (κ1) is 16.5. The SMILES string of the molecule is CCOC(=O)c1nn(-c2ccc(OC)c(C)c2)c2c1CCOCC2. The lowest BCUT2D eigenvalue weighted by Crippen LogP contribution is -2.10. The topological polar surface area (TPSA) is 62.6 Å². The van der Waals surface area contributed by atoms with E-state index in [4.69, 9.17) is 14.2 Å². The highest BCUT2D eigenvalue weighted by Gasteiger charge is 2.25. The molecule has 0 amide bonds. The van der Waals surface area contributed by atoms with Crippen molar-refractivity contribution in [1.82, 2.24) is 9.78 Å². The molecule has 1 aromatic heterocycles. The molecule has 0 radical (unpaired) electrons. The van der Waals surface area contributed by atoms with Gasteiger partial charge >= 0.3 is 5.97 Å². The number of ether oxygens (including phenoxy) is 3. The molecule has 0 unspecified atom stereocenters. The Bertz CT molecular complexity index is 752. The van der Waals surface area contributed by atoms with Gasteiger partial charge in [0.15, 0.2) is 5.69 Å². The molecule has 6 nitrogen and oxygen atoms in total. The number of methoxy groups -OCH3 is 1. The fourth-order valence-corrected chi connectivity index (χ4v) is 3.02. The Morgan fingerprint density at radius 1 is 1.33 bits per heavy atom. The molecule has 0 aliphatic carbocycles. The molecule has 1 aliphatic rings. The summed E-state index contributed by atoms with van der Waals surface area (Å²) in [5, 5.41) is 4.56. The molecule has 0 atom stereocenters. The largest absolute Gasteiger partial charge is 0.496 e. The van der Waals surface area contributed by atoms with Crippen LogP contribution in [-0.2, 0) is 22.3 Å². The van der Waals surface area contributed by atoms with Gasteiger partial charge in [0.05, 0.1) is 38.3 Å². The summed E-state index contributed by atoms with van der Waals surface area (Å²) in [6.07, 6.45) is 1.38. The van der Waals surface area contributed by atoms with Gasteiger partial charge in [0.1, 0.15) is 5.75 Å². The van der Waals surface area contributed by atoms with E-state index in [-0.39, 0.29) is 5.97 Å². The average Bonchev–Trinajstić information content (AvgIpc) is 2.76. The van der Waals surface area contributed by atoms with Gasteiger partial charge in [0.2, 0.25) is 0 Å². The van der Waals surface area contributed by atoms with Gasteiger partial charge in [-0.15, -0.1) is 0 Å². The third kappa shape index (κ3) is 3.01. The first-order chi connectivity index (χ1) is 11.7. The van der Waals surface area contributed by atoms with E-state index in [1.165, 1.54) is 0 Å². The summed E-state index contributed by atoms with van der Waals surface area (Å²) >= 11 is 0. The average molecular weight is 330 g/mol. The monoisotopic (exact) mass is 330 g/mol. The highest BCUT2D eigenvalue weighted by Crippen LogP contribution is 2.26. The third-order valence-electron chi connectivity index (χ3n) is 4.16. The molecule has 1 aliphatic heterocycles. The van der Waals surface area contributed by atoms with E-state index in [2.05, 4.69) is 5.10 Å². The van der Waals surface area contributed by atoms with Gasteiger partial charge in [-0.1, -0.05) is 0 Å². The summed E-state index contributed by atoms with van der Waals surface area (Å²) in [5.41, 5.74) is 4.26. The number of carbonyl (C=O) groups is 1. The molecular formula is C18H22N2O4. The Morgan fingerprint density at radius 2 is 2.12 bits per heavy atom. The maximum atomic E-state index is 12.3. The zero-order valence-corrected chi connectivity index (χ0v) is 14.3. The lowest BCUT2D eigenvalue weighted by atomic mass is 10.1. The van der Waals surface area contributed by atoms with Gasteiger partial charge in [-0.3, -0.25) is 0 Å². The molecule has 0 saturated heterocycles. The Morgan fingerprint density at radius 3 is 2.83 bits per heavy atom.